The Kier molecular flexibility index (Phi) is 4.47. The highest BCUT2D eigenvalue weighted by molar-refractivity contribution is 7.89. The van der Waals surface area contributed by atoms with E-state index in [9.17, 15) is 8.42 Å². The third-order valence-corrected chi connectivity index (χ3v) is 6.35. The van der Waals surface area contributed by atoms with Crippen molar-refractivity contribution in [1.82, 2.24) is 4.57 Å². The minimum atomic E-state index is -3.91. The van der Waals surface area contributed by atoms with E-state index in [-0.39, 0.29) is 16.7 Å². The van der Waals surface area contributed by atoms with E-state index < -0.39 is 10.0 Å². The van der Waals surface area contributed by atoms with E-state index >= 15 is 0 Å². The number of sulfonamides is 1. The van der Waals surface area contributed by atoms with Crippen LogP contribution in [-0.2, 0) is 17.1 Å². The van der Waals surface area contributed by atoms with Gasteiger partial charge in [-0.3, -0.25) is 0 Å². The second-order valence-electron chi connectivity index (χ2n) is 5.80. The Labute approximate surface area is 164 Å². The third-order valence-electron chi connectivity index (χ3n) is 4.04. The SMILES string of the molecule is Cn1c(-c2ccc(Cl)c(S(N)(=O)=O)c2)csc1=Nc1ccc2c(c1)OCO2. The summed E-state index contributed by atoms with van der Waals surface area (Å²) in [5.74, 6) is 1.35. The molecule has 2 aromatic carbocycles. The van der Waals surface area contributed by atoms with Crippen molar-refractivity contribution in [3.8, 4) is 22.8 Å². The van der Waals surface area contributed by atoms with E-state index in [4.69, 9.17) is 26.2 Å². The Balaban J connectivity index is 1.77. The number of aromatic nitrogens is 1. The van der Waals surface area contributed by atoms with Gasteiger partial charge in [0.2, 0.25) is 16.8 Å². The average Bonchev–Trinajstić information content (AvgIpc) is 3.21. The van der Waals surface area contributed by atoms with Crippen LogP contribution in [0.4, 0.5) is 5.69 Å². The van der Waals surface area contributed by atoms with Gasteiger partial charge in [0.25, 0.3) is 0 Å². The van der Waals surface area contributed by atoms with Crippen molar-refractivity contribution >= 4 is 38.6 Å². The molecule has 0 bridgehead atoms. The normalized spacial score (nSPS) is 14.0. The van der Waals surface area contributed by atoms with Crippen LogP contribution < -0.4 is 19.4 Å². The smallest absolute Gasteiger partial charge is 0.239 e. The van der Waals surface area contributed by atoms with E-state index in [0.717, 1.165) is 16.2 Å². The minimum Gasteiger partial charge on any atom is -0.454 e. The molecule has 10 heteroatoms. The maximum Gasteiger partial charge on any atom is 0.239 e. The molecule has 27 heavy (non-hydrogen) atoms. The van der Waals surface area contributed by atoms with Gasteiger partial charge in [0.05, 0.1) is 16.4 Å². The lowest BCUT2D eigenvalue weighted by molar-refractivity contribution is 0.174. The topological polar surface area (TPSA) is 95.9 Å². The van der Waals surface area contributed by atoms with Gasteiger partial charge in [-0.2, -0.15) is 0 Å². The molecule has 3 aromatic rings. The van der Waals surface area contributed by atoms with Gasteiger partial charge in [-0.1, -0.05) is 17.7 Å². The number of primary sulfonamides is 1. The summed E-state index contributed by atoms with van der Waals surface area (Å²) in [5.41, 5.74) is 2.19. The van der Waals surface area contributed by atoms with Gasteiger partial charge in [-0.15, -0.1) is 11.3 Å². The maximum atomic E-state index is 11.7. The van der Waals surface area contributed by atoms with Crippen LogP contribution in [0.15, 0.2) is 51.7 Å². The molecule has 7 nitrogen and oxygen atoms in total. The van der Waals surface area contributed by atoms with Crippen molar-refractivity contribution in [1.29, 1.82) is 0 Å². The van der Waals surface area contributed by atoms with Crippen molar-refractivity contribution in [2.75, 3.05) is 6.79 Å². The molecule has 0 saturated heterocycles. The van der Waals surface area contributed by atoms with Crippen molar-refractivity contribution < 1.29 is 17.9 Å². The first-order chi connectivity index (χ1) is 12.8. The standard InChI is InChI=1S/C17H14ClN3O4S2/c1-21-13(10-2-4-12(18)16(6-10)27(19,22)23)8-26-17(21)20-11-3-5-14-15(7-11)25-9-24-14/h2-8H,9H2,1H3,(H2,19,22,23). The number of thiazole rings is 1. The summed E-state index contributed by atoms with van der Waals surface area (Å²) in [5, 5.41) is 7.22. The summed E-state index contributed by atoms with van der Waals surface area (Å²) in [6.07, 6.45) is 0. The highest BCUT2D eigenvalue weighted by Gasteiger charge is 2.16. The largest absolute Gasteiger partial charge is 0.454 e. The lowest BCUT2D eigenvalue weighted by Crippen LogP contribution is -2.13. The summed E-state index contributed by atoms with van der Waals surface area (Å²) >= 11 is 7.39. The van der Waals surface area contributed by atoms with E-state index in [2.05, 4.69) is 4.99 Å². The summed E-state index contributed by atoms with van der Waals surface area (Å²) in [7, 11) is -2.06. The van der Waals surface area contributed by atoms with E-state index in [1.54, 1.807) is 6.07 Å². The average molecular weight is 424 g/mol. The van der Waals surface area contributed by atoms with Crippen molar-refractivity contribution in [2.45, 2.75) is 4.90 Å². The minimum absolute atomic E-state index is 0.0874. The summed E-state index contributed by atoms with van der Waals surface area (Å²) < 4.78 is 36.0. The molecule has 2 heterocycles. The number of hydrogen-bond donors (Lipinski definition) is 1. The molecule has 1 aliphatic heterocycles. The number of nitrogens with zero attached hydrogens (tertiary/aromatic N) is 2. The quantitative estimate of drug-likeness (QED) is 0.700. The van der Waals surface area contributed by atoms with Gasteiger partial charge in [0.15, 0.2) is 16.3 Å². The molecule has 0 aliphatic carbocycles. The van der Waals surface area contributed by atoms with E-state index in [1.165, 1.54) is 23.5 Å². The molecule has 0 spiro atoms. The molecule has 0 radical (unpaired) electrons. The molecule has 0 atom stereocenters. The molecule has 1 aromatic heterocycles. The number of halogens is 1. The fourth-order valence-corrected chi connectivity index (χ4v) is 4.68. The summed E-state index contributed by atoms with van der Waals surface area (Å²) in [4.78, 5) is 5.25. The summed E-state index contributed by atoms with van der Waals surface area (Å²) in [6, 6.07) is 10.2. The number of rotatable bonds is 3. The first-order valence-corrected chi connectivity index (χ1v) is 10.5. The molecule has 0 unspecified atom stereocenters. The van der Waals surface area contributed by atoms with E-state index in [0.29, 0.717) is 17.1 Å². The second kappa shape index (κ2) is 6.68. The van der Waals surface area contributed by atoms with E-state index in [1.807, 2.05) is 35.2 Å². The zero-order chi connectivity index (χ0) is 19.2. The first-order valence-electron chi connectivity index (χ1n) is 7.74. The lowest BCUT2D eigenvalue weighted by atomic mass is 10.2. The van der Waals surface area contributed by atoms with Gasteiger partial charge in [0.1, 0.15) is 4.90 Å². The molecule has 0 amide bonds. The van der Waals surface area contributed by atoms with Crippen LogP contribution in [0.25, 0.3) is 11.3 Å². The fraction of sp³-hybridized carbons (Fsp3) is 0.118. The van der Waals surface area contributed by atoms with Crippen molar-refractivity contribution in [2.24, 2.45) is 17.2 Å². The Bertz CT molecular complexity index is 1220. The number of fused-ring (bicyclic) bond motifs is 1. The third kappa shape index (κ3) is 3.46. The number of ether oxygens (including phenoxy) is 2. The first kappa shape index (κ1) is 18.1. The van der Waals surface area contributed by atoms with Gasteiger partial charge in [-0.25, -0.2) is 18.5 Å². The maximum absolute atomic E-state index is 11.7. The molecule has 140 valence electrons. The highest BCUT2D eigenvalue weighted by atomic mass is 35.5. The summed E-state index contributed by atoms with van der Waals surface area (Å²) in [6.45, 7) is 0.207. The monoisotopic (exact) mass is 423 g/mol. The predicted octanol–water partition coefficient (Wildman–Crippen LogP) is 3.02. The van der Waals surface area contributed by atoms with Crippen molar-refractivity contribution in [3.05, 3.63) is 51.6 Å². The lowest BCUT2D eigenvalue weighted by Gasteiger charge is -2.07. The highest BCUT2D eigenvalue weighted by Crippen LogP contribution is 2.35. The Hall–Kier alpha value is -2.33. The number of hydrogen-bond acceptors (Lipinski definition) is 6. The molecule has 1 aliphatic rings. The predicted molar refractivity (Wildman–Crippen MR) is 103 cm³/mol. The van der Waals surface area contributed by atoms with Crippen LogP contribution in [0.5, 0.6) is 11.5 Å². The van der Waals surface area contributed by atoms with Gasteiger partial charge in [0, 0.05) is 24.1 Å². The fourth-order valence-electron chi connectivity index (χ4n) is 2.68. The number of benzene rings is 2. The van der Waals surface area contributed by atoms with Crippen LogP contribution in [0.3, 0.4) is 0 Å². The van der Waals surface area contributed by atoms with Crippen LogP contribution in [0.2, 0.25) is 5.02 Å². The van der Waals surface area contributed by atoms with Crippen LogP contribution in [-0.4, -0.2) is 19.8 Å². The molecular weight excluding hydrogens is 410 g/mol. The van der Waals surface area contributed by atoms with Gasteiger partial charge >= 0.3 is 0 Å². The Morgan fingerprint density at radius 1 is 1.19 bits per heavy atom. The zero-order valence-corrected chi connectivity index (χ0v) is 16.4. The van der Waals surface area contributed by atoms with Crippen LogP contribution in [0.1, 0.15) is 0 Å². The molecule has 2 N–H and O–H groups in total. The molecular formula is C17H14ClN3O4S2. The van der Waals surface area contributed by atoms with Crippen molar-refractivity contribution in [3.63, 3.8) is 0 Å². The second-order valence-corrected chi connectivity index (χ2v) is 8.58. The Morgan fingerprint density at radius 2 is 1.96 bits per heavy atom. The number of nitrogens with two attached hydrogens (primary N) is 1. The van der Waals surface area contributed by atoms with Crippen LogP contribution >= 0.6 is 22.9 Å². The zero-order valence-electron chi connectivity index (χ0n) is 14.0. The molecule has 0 fully saturated rings. The van der Waals surface area contributed by atoms with Gasteiger partial charge in [-0.05, 0) is 24.3 Å². The van der Waals surface area contributed by atoms with Crippen LogP contribution in [0, 0.1) is 0 Å². The Morgan fingerprint density at radius 3 is 2.74 bits per heavy atom. The molecule has 0 saturated carbocycles. The molecule has 4 rings (SSSR count). The van der Waals surface area contributed by atoms with Gasteiger partial charge < -0.3 is 14.0 Å².